The van der Waals surface area contributed by atoms with E-state index in [4.69, 9.17) is 25.8 Å². The number of carbonyl (C=O) groups is 2. The van der Waals surface area contributed by atoms with Gasteiger partial charge in [0.05, 0.1) is 25.5 Å². The number of anilines is 1. The number of ether oxygens (including phenoxy) is 3. The third kappa shape index (κ3) is 4.97. The second-order valence-corrected chi connectivity index (χ2v) is 6.65. The van der Waals surface area contributed by atoms with Crippen molar-refractivity contribution in [1.82, 2.24) is 0 Å². The first-order valence-electron chi connectivity index (χ1n) is 9.02. The Morgan fingerprint density at radius 3 is 2.62 bits per heavy atom. The molecule has 150 valence electrons. The molecular weight excluding hydrogens is 394 g/mol. The summed E-state index contributed by atoms with van der Waals surface area (Å²) in [6.07, 6.45) is 5.39. The first-order chi connectivity index (χ1) is 14.0. The molecule has 2 aromatic carbocycles. The lowest BCUT2D eigenvalue weighted by Gasteiger charge is -2.10. The van der Waals surface area contributed by atoms with E-state index in [-0.39, 0.29) is 5.91 Å². The van der Waals surface area contributed by atoms with Gasteiger partial charge in [0.1, 0.15) is 0 Å². The van der Waals surface area contributed by atoms with Crippen molar-refractivity contribution >= 4 is 35.2 Å². The molecule has 0 aliphatic carbocycles. The smallest absolute Gasteiger partial charge is 0.338 e. The molecule has 0 aromatic heterocycles. The predicted molar refractivity (Wildman–Crippen MR) is 111 cm³/mol. The maximum atomic E-state index is 12.7. The van der Waals surface area contributed by atoms with E-state index in [9.17, 15) is 9.59 Å². The number of rotatable bonds is 6. The molecule has 1 N–H and O–H groups in total. The monoisotopic (exact) mass is 413 g/mol. The standard InChI is InChI=1S/C22H20ClNO5/c1-3-9-29-22(26)14-4-6-18(7-5-14)24-21(25)15-8-10-28-20-16(11-15)12-17(23)13-19(20)27-2/h4-8,10-13H,3,9H2,1-2H3,(H,24,25). The molecule has 0 spiro atoms. The summed E-state index contributed by atoms with van der Waals surface area (Å²) in [5.41, 5.74) is 1.97. The zero-order valence-electron chi connectivity index (χ0n) is 16.0. The number of halogens is 1. The van der Waals surface area contributed by atoms with E-state index < -0.39 is 5.97 Å². The van der Waals surface area contributed by atoms with Crippen molar-refractivity contribution in [2.45, 2.75) is 13.3 Å². The number of fused-ring (bicyclic) bond motifs is 1. The van der Waals surface area contributed by atoms with Crippen LogP contribution in [0.15, 0.2) is 54.3 Å². The van der Waals surface area contributed by atoms with Crippen LogP contribution in [-0.2, 0) is 9.53 Å². The largest absolute Gasteiger partial charge is 0.493 e. The molecule has 0 saturated heterocycles. The Kier molecular flexibility index (Phi) is 6.57. The van der Waals surface area contributed by atoms with Crippen LogP contribution in [0, 0.1) is 0 Å². The minimum Gasteiger partial charge on any atom is -0.493 e. The van der Waals surface area contributed by atoms with E-state index >= 15 is 0 Å². The molecule has 0 bridgehead atoms. The molecule has 29 heavy (non-hydrogen) atoms. The van der Waals surface area contributed by atoms with Crippen molar-refractivity contribution in [3.8, 4) is 11.5 Å². The van der Waals surface area contributed by atoms with Gasteiger partial charge in [0.25, 0.3) is 5.91 Å². The maximum absolute atomic E-state index is 12.7. The normalized spacial score (nSPS) is 12.2. The minimum atomic E-state index is -0.390. The molecule has 1 aliphatic heterocycles. The quantitative estimate of drug-likeness (QED) is 0.685. The fourth-order valence-electron chi connectivity index (χ4n) is 2.68. The number of esters is 1. The van der Waals surface area contributed by atoms with Crippen molar-refractivity contribution in [1.29, 1.82) is 0 Å². The molecule has 2 aromatic rings. The lowest BCUT2D eigenvalue weighted by Crippen LogP contribution is -2.13. The highest BCUT2D eigenvalue weighted by Crippen LogP contribution is 2.37. The van der Waals surface area contributed by atoms with E-state index in [0.29, 0.717) is 45.5 Å². The second-order valence-electron chi connectivity index (χ2n) is 6.21. The van der Waals surface area contributed by atoms with Crippen molar-refractivity contribution in [2.24, 2.45) is 0 Å². The van der Waals surface area contributed by atoms with Gasteiger partial charge in [-0.3, -0.25) is 4.79 Å². The Labute approximate surface area is 173 Å². The summed E-state index contributed by atoms with van der Waals surface area (Å²) < 4.78 is 16.0. The van der Waals surface area contributed by atoms with Crippen LogP contribution >= 0.6 is 11.6 Å². The molecule has 3 rings (SSSR count). The van der Waals surface area contributed by atoms with Crippen LogP contribution in [0.2, 0.25) is 5.02 Å². The van der Waals surface area contributed by atoms with Crippen LogP contribution in [0.4, 0.5) is 5.69 Å². The van der Waals surface area contributed by atoms with Crippen LogP contribution in [0.5, 0.6) is 11.5 Å². The van der Waals surface area contributed by atoms with Gasteiger partial charge in [-0.25, -0.2) is 4.79 Å². The summed E-state index contributed by atoms with van der Waals surface area (Å²) >= 11 is 6.12. The van der Waals surface area contributed by atoms with E-state index in [1.807, 2.05) is 6.92 Å². The van der Waals surface area contributed by atoms with Crippen LogP contribution in [-0.4, -0.2) is 25.6 Å². The molecule has 1 amide bonds. The number of benzene rings is 2. The average molecular weight is 414 g/mol. The Hall–Kier alpha value is -3.25. The van der Waals surface area contributed by atoms with Gasteiger partial charge in [-0.15, -0.1) is 0 Å². The van der Waals surface area contributed by atoms with Gasteiger partial charge in [0, 0.05) is 27.9 Å². The van der Waals surface area contributed by atoms with Crippen LogP contribution in [0.25, 0.3) is 6.08 Å². The van der Waals surface area contributed by atoms with E-state index in [1.165, 1.54) is 13.4 Å². The van der Waals surface area contributed by atoms with Crippen molar-refractivity contribution < 1.29 is 23.8 Å². The summed E-state index contributed by atoms with van der Waals surface area (Å²) in [4.78, 5) is 24.5. The summed E-state index contributed by atoms with van der Waals surface area (Å²) in [6, 6.07) is 9.83. The molecule has 6 nitrogen and oxygen atoms in total. The lowest BCUT2D eigenvalue weighted by atomic mass is 10.1. The Bertz CT molecular complexity index is 979. The molecule has 1 aliphatic rings. The Morgan fingerprint density at radius 2 is 1.93 bits per heavy atom. The van der Waals surface area contributed by atoms with Crippen molar-refractivity contribution in [3.63, 3.8) is 0 Å². The SMILES string of the molecule is CCCOC(=O)c1ccc(NC(=O)C2=Cc3cc(Cl)cc(OC)c3OC=C2)cc1. The zero-order chi connectivity index (χ0) is 20.8. The van der Waals surface area contributed by atoms with E-state index in [0.717, 1.165) is 6.42 Å². The third-order valence-corrected chi connectivity index (χ3v) is 4.31. The highest BCUT2D eigenvalue weighted by atomic mass is 35.5. The number of amides is 1. The van der Waals surface area contributed by atoms with Gasteiger partial charge < -0.3 is 19.5 Å². The highest BCUT2D eigenvalue weighted by Gasteiger charge is 2.17. The number of carbonyl (C=O) groups excluding carboxylic acids is 2. The fraction of sp³-hybridized carbons (Fsp3) is 0.182. The first kappa shape index (κ1) is 20.5. The van der Waals surface area contributed by atoms with E-state index in [2.05, 4.69) is 5.32 Å². The molecule has 0 saturated carbocycles. The zero-order valence-corrected chi connectivity index (χ0v) is 16.8. The van der Waals surface area contributed by atoms with E-state index in [1.54, 1.807) is 48.6 Å². The van der Waals surface area contributed by atoms with Gasteiger partial charge in [0.15, 0.2) is 11.5 Å². The van der Waals surface area contributed by atoms with Crippen LogP contribution in [0.1, 0.15) is 29.3 Å². The molecule has 7 heteroatoms. The van der Waals surface area contributed by atoms with Gasteiger partial charge in [-0.05, 0) is 48.9 Å². The summed E-state index contributed by atoms with van der Waals surface area (Å²) in [5.74, 6) is 0.225. The number of nitrogens with one attached hydrogen (secondary N) is 1. The van der Waals surface area contributed by atoms with Gasteiger partial charge in [0.2, 0.25) is 0 Å². The Morgan fingerprint density at radius 1 is 1.17 bits per heavy atom. The van der Waals surface area contributed by atoms with Gasteiger partial charge in [-0.1, -0.05) is 18.5 Å². The molecular formula is C22H20ClNO5. The maximum Gasteiger partial charge on any atom is 0.338 e. The average Bonchev–Trinajstić information content (AvgIpc) is 2.94. The molecule has 0 fully saturated rings. The van der Waals surface area contributed by atoms with Crippen molar-refractivity contribution in [2.75, 3.05) is 19.0 Å². The Balaban J connectivity index is 1.77. The van der Waals surface area contributed by atoms with Crippen molar-refractivity contribution in [3.05, 3.63) is 70.5 Å². The highest BCUT2D eigenvalue weighted by molar-refractivity contribution is 6.31. The number of methoxy groups -OCH3 is 1. The topological polar surface area (TPSA) is 73.9 Å². The molecule has 0 radical (unpaired) electrons. The second kappa shape index (κ2) is 9.30. The van der Waals surface area contributed by atoms with Gasteiger partial charge in [-0.2, -0.15) is 0 Å². The third-order valence-electron chi connectivity index (χ3n) is 4.09. The molecule has 0 unspecified atom stereocenters. The van der Waals surface area contributed by atoms with Crippen LogP contribution in [0.3, 0.4) is 0 Å². The fourth-order valence-corrected chi connectivity index (χ4v) is 2.89. The first-order valence-corrected chi connectivity index (χ1v) is 9.40. The number of hydrogen-bond acceptors (Lipinski definition) is 5. The summed E-state index contributed by atoms with van der Waals surface area (Å²) in [6.45, 7) is 2.30. The number of hydrogen-bond donors (Lipinski definition) is 1. The lowest BCUT2D eigenvalue weighted by molar-refractivity contribution is -0.112. The predicted octanol–water partition coefficient (Wildman–Crippen LogP) is 4.84. The van der Waals surface area contributed by atoms with Crippen LogP contribution < -0.4 is 14.8 Å². The summed E-state index contributed by atoms with van der Waals surface area (Å²) in [5, 5.41) is 3.26. The molecule has 1 heterocycles. The molecule has 0 atom stereocenters. The minimum absolute atomic E-state index is 0.335. The van der Waals surface area contributed by atoms with Gasteiger partial charge >= 0.3 is 5.97 Å². The summed E-state index contributed by atoms with van der Waals surface area (Å²) in [7, 11) is 1.52.